The second-order valence-electron chi connectivity index (χ2n) is 4.51. The van der Waals surface area contributed by atoms with E-state index in [1.54, 1.807) is 6.26 Å². The Balaban J connectivity index is 1.89. The van der Waals surface area contributed by atoms with Crippen LogP contribution in [0.25, 0.3) is 0 Å². The average molecular weight is 255 g/mol. The van der Waals surface area contributed by atoms with Gasteiger partial charge in [-0.25, -0.2) is 0 Å². The van der Waals surface area contributed by atoms with E-state index in [1.165, 1.54) is 25.7 Å². The Hall–Kier alpha value is -0.840. The Bertz CT molecular complexity index is 275. The van der Waals surface area contributed by atoms with Crippen molar-refractivity contribution in [2.75, 3.05) is 19.7 Å². The molecule has 0 aliphatic rings. The van der Waals surface area contributed by atoms with Crippen molar-refractivity contribution >= 4 is 0 Å². The molecular weight excluding hydrogens is 230 g/mol. The Labute approximate surface area is 109 Å². The van der Waals surface area contributed by atoms with Gasteiger partial charge in [-0.2, -0.15) is 0 Å². The lowest BCUT2D eigenvalue weighted by molar-refractivity contribution is 0.0227. The van der Waals surface area contributed by atoms with Crippen molar-refractivity contribution in [2.24, 2.45) is 0 Å². The van der Waals surface area contributed by atoms with E-state index in [0.717, 1.165) is 12.3 Å². The van der Waals surface area contributed by atoms with Gasteiger partial charge in [0.05, 0.1) is 19.0 Å². The Kier molecular flexibility index (Phi) is 8.55. The molecule has 0 bridgehead atoms. The van der Waals surface area contributed by atoms with E-state index in [4.69, 9.17) is 9.15 Å². The summed E-state index contributed by atoms with van der Waals surface area (Å²) in [5.41, 5.74) is 0. The number of aliphatic hydroxyl groups excluding tert-OH is 1. The number of hydrogen-bond acceptors (Lipinski definition) is 4. The molecule has 1 aromatic rings. The highest BCUT2D eigenvalue weighted by molar-refractivity contribution is 4.96. The number of unbranched alkanes of at least 4 members (excludes halogenated alkanes) is 3. The molecule has 0 spiro atoms. The van der Waals surface area contributed by atoms with Crippen LogP contribution in [-0.4, -0.2) is 30.9 Å². The number of nitrogens with one attached hydrogen (secondary N) is 1. The van der Waals surface area contributed by atoms with Gasteiger partial charge in [-0.05, 0) is 25.1 Å². The molecule has 1 rings (SSSR count). The molecule has 1 aromatic heterocycles. The Morgan fingerprint density at radius 2 is 2.28 bits per heavy atom. The monoisotopic (exact) mass is 255 g/mol. The van der Waals surface area contributed by atoms with Crippen LogP contribution in [0.2, 0.25) is 0 Å². The fourth-order valence-electron chi connectivity index (χ4n) is 1.69. The maximum Gasteiger partial charge on any atom is 0.129 e. The molecule has 1 unspecified atom stereocenters. The first-order valence-corrected chi connectivity index (χ1v) is 6.81. The predicted octanol–water partition coefficient (Wildman–Crippen LogP) is 2.33. The quantitative estimate of drug-likeness (QED) is 0.596. The van der Waals surface area contributed by atoms with Gasteiger partial charge in [-0.3, -0.25) is 0 Å². The van der Waals surface area contributed by atoms with Crippen molar-refractivity contribution < 1.29 is 14.3 Å². The van der Waals surface area contributed by atoms with E-state index < -0.39 is 6.10 Å². The van der Waals surface area contributed by atoms with Crippen LogP contribution in [-0.2, 0) is 11.3 Å². The molecule has 0 aliphatic heterocycles. The first-order valence-electron chi connectivity index (χ1n) is 6.81. The number of ether oxygens (including phenoxy) is 1. The van der Waals surface area contributed by atoms with Gasteiger partial charge in [0.25, 0.3) is 0 Å². The molecule has 4 heteroatoms. The molecule has 0 radical (unpaired) electrons. The highest BCUT2D eigenvalue weighted by atomic mass is 16.5. The Morgan fingerprint density at radius 1 is 1.39 bits per heavy atom. The molecule has 2 N–H and O–H groups in total. The highest BCUT2D eigenvalue weighted by Gasteiger charge is 2.04. The van der Waals surface area contributed by atoms with Gasteiger partial charge < -0.3 is 19.6 Å². The average Bonchev–Trinajstić information content (AvgIpc) is 2.87. The zero-order chi connectivity index (χ0) is 13.1. The third kappa shape index (κ3) is 7.48. The fourth-order valence-corrected chi connectivity index (χ4v) is 1.69. The summed E-state index contributed by atoms with van der Waals surface area (Å²) in [6.45, 7) is 4.51. The third-order valence-electron chi connectivity index (χ3n) is 2.72. The van der Waals surface area contributed by atoms with Crippen LogP contribution in [0.1, 0.15) is 38.4 Å². The summed E-state index contributed by atoms with van der Waals surface area (Å²) in [5, 5.41) is 12.9. The lowest BCUT2D eigenvalue weighted by Gasteiger charge is -2.11. The maximum atomic E-state index is 9.66. The summed E-state index contributed by atoms with van der Waals surface area (Å²) in [4.78, 5) is 0. The van der Waals surface area contributed by atoms with E-state index in [1.807, 2.05) is 12.1 Å². The van der Waals surface area contributed by atoms with Crippen LogP contribution in [0.4, 0.5) is 0 Å². The summed E-state index contributed by atoms with van der Waals surface area (Å²) in [6, 6.07) is 3.69. The van der Waals surface area contributed by atoms with Crippen LogP contribution >= 0.6 is 0 Å². The molecular formula is C14H25NO3. The molecule has 0 fully saturated rings. The van der Waals surface area contributed by atoms with Crippen molar-refractivity contribution in [1.29, 1.82) is 0 Å². The molecule has 1 heterocycles. The van der Waals surface area contributed by atoms with Gasteiger partial charge >= 0.3 is 0 Å². The molecule has 0 aromatic carbocycles. The molecule has 0 saturated carbocycles. The Morgan fingerprint density at radius 3 is 3.00 bits per heavy atom. The molecule has 0 saturated heterocycles. The topological polar surface area (TPSA) is 54.6 Å². The van der Waals surface area contributed by atoms with Crippen LogP contribution in [0, 0.1) is 0 Å². The largest absolute Gasteiger partial charge is 0.467 e. The second kappa shape index (κ2) is 10.1. The molecule has 0 amide bonds. The van der Waals surface area contributed by atoms with Crippen molar-refractivity contribution in [1.82, 2.24) is 5.32 Å². The summed E-state index contributed by atoms with van der Waals surface area (Å²) in [7, 11) is 0. The minimum absolute atomic E-state index is 0.336. The van der Waals surface area contributed by atoms with Gasteiger partial charge in [0.1, 0.15) is 12.4 Å². The van der Waals surface area contributed by atoms with E-state index in [0.29, 0.717) is 19.8 Å². The van der Waals surface area contributed by atoms with Gasteiger partial charge in [-0.1, -0.05) is 26.2 Å². The summed E-state index contributed by atoms with van der Waals surface area (Å²) < 4.78 is 10.5. The number of aliphatic hydroxyl groups is 1. The smallest absolute Gasteiger partial charge is 0.129 e. The number of furan rings is 1. The standard InChI is InChI=1S/C14H25NO3/c1-2-3-4-5-8-15-10-13(16)11-17-12-14-7-6-9-18-14/h6-7,9,13,15-16H,2-5,8,10-12H2,1H3. The van der Waals surface area contributed by atoms with E-state index in [-0.39, 0.29) is 0 Å². The minimum Gasteiger partial charge on any atom is -0.467 e. The SMILES string of the molecule is CCCCCCNCC(O)COCc1ccco1. The second-order valence-corrected chi connectivity index (χ2v) is 4.51. The van der Waals surface area contributed by atoms with Crippen LogP contribution in [0.3, 0.4) is 0 Å². The van der Waals surface area contributed by atoms with Crippen molar-refractivity contribution in [3.63, 3.8) is 0 Å². The predicted molar refractivity (Wildman–Crippen MR) is 71.4 cm³/mol. The highest BCUT2D eigenvalue weighted by Crippen LogP contribution is 2.02. The summed E-state index contributed by atoms with van der Waals surface area (Å²) in [6.07, 6.45) is 6.14. The molecule has 18 heavy (non-hydrogen) atoms. The van der Waals surface area contributed by atoms with Crippen molar-refractivity contribution in [2.45, 2.75) is 45.3 Å². The van der Waals surface area contributed by atoms with Gasteiger partial charge in [0.2, 0.25) is 0 Å². The number of rotatable bonds is 11. The number of hydrogen-bond donors (Lipinski definition) is 2. The van der Waals surface area contributed by atoms with Crippen LogP contribution in [0.5, 0.6) is 0 Å². The maximum absolute atomic E-state index is 9.66. The van der Waals surface area contributed by atoms with Gasteiger partial charge in [0, 0.05) is 6.54 Å². The van der Waals surface area contributed by atoms with Crippen molar-refractivity contribution in [3.05, 3.63) is 24.2 Å². The normalized spacial score (nSPS) is 12.8. The van der Waals surface area contributed by atoms with Crippen LogP contribution in [0.15, 0.2) is 22.8 Å². The fraction of sp³-hybridized carbons (Fsp3) is 0.714. The first-order chi connectivity index (χ1) is 8.83. The summed E-state index contributed by atoms with van der Waals surface area (Å²) >= 11 is 0. The first kappa shape index (κ1) is 15.2. The van der Waals surface area contributed by atoms with Gasteiger partial charge in [-0.15, -0.1) is 0 Å². The molecule has 4 nitrogen and oxygen atoms in total. The van der Waals surface area contributed by atoms with Gasteiger partial charge in [0.15, 0.2) is 0 Å². The minimum atomic E-state index is -0.453. The lowest BCUT2D eigenvalue weighted by atomic mass is 10.2. The summed E-state index contributed by atoms with van der Waals surface area (Å²) in [5.74, 6) is 0.787. The van der Waals surface area contributed by atoms with E-state index in [9.17, 15) is 5.11 Å². The van der Waals surface area contributed by atoms with E-state index >= 15 is 0 Å². The van der Waals surface area contributed by atoms with Crippen LogP contribution < -0.4 is 5.32 Å². The molecule has 1 atom stereocenters. The third-order valence-corrected chi connectivity index (χ3v) is 2.72. The van der Waals surface area contributed by atoms with Crippen molar-refractivity contribution in [3.8, 4) is 0 Å². The lowest BCUT2D eigenvalue weighted by Crippen LogP contribution is -2.30. The van der Waals surface area contributed by atoms with E-state index in [2.05, 4.69) is 12.2 Å². The molecule has 0 aliphatic carbocycles. The molecule has 104 valence electrons. The zero-order valence-corrected chi connectivity index (χ0v) is 11.2. The zero-order valence-electron chi connectivity index (χ0n) is 11.2.